The van der Waals surface area contributed by atoms with Crippen molar-refractivity contribution in [3.8, 4) is 0 Å². The minimum absolute atomic E-state index is 0. The van der Waals surface area contributed by atoms with Crippen LogP contribution in [0.25, 0.3) is 10.1 Å². The van der Waals surface area contributed by atoms with Crippen LogP contribution in [-0.2, 0) is 0 Å². The number of benzene rings is 1. The minimum Gasteiger partial charge on any atom is -0.350 e. The number of hydrogen-bond donors (Lipinski definition) is 2. The predicted molar refractivity (Wildman–Crippen MR) is 79.6 cm³/mol. The third kappa shape index (κ3) is 4.16. The summed E-state index contributed by atoms with van der Waals surface area (Å²) in [5.41, 5.74) is 5.35. The summed E-state index contributed by atoms with van der Waals surface area (Å²) in [6.07, 6.45) is 0. The molecule has 3 N–H and O–H groups in total. The molecule has 0 radical (unpaired) electrons. The monoisotopic (exact) mass is 302 g/mol. The smallest absolute Gasteiger partial charge is 0.261 e. The number of amides is 1. The van der Waals surface area contributed by atoms with Gasteiger partial charge in [-0.15, -0.1) is 23.7 Å². The number of hydrogen-bond acceptors (Lipinski definition) is 3. The van der Waals surface area contributed by atoms with Gasteiger partial charge in [-0.25, -0.2) is 4.39 Å². The van der Waals surface area contributed by atoms with Gasteiger partial charge < -0.3 is 11.1 Å². The van der Waals surface area contributed by atoms with E-state index in [0.29, 0.717) is 11.4 Å². The molecule has 0 unspecified atom stereocenters. The second kappa shape index (κ2) is 5.86. The Morgan fingerprint density at radius 1 is 1.42 bits per heavy atom. The quantitative estimate of drug-likeness (QED) is 0.916. The minimum atomic E-state index is -0.446. The Morgan fingerprint density at radius 3 is 2.74 bits per heavy atom. The first-order valence-corrected chi connectivity index (χ1v) is 6.43. The van der Waals surface area contributed by atoms with Crippen molar-refractivity contribution in [2.24, 2.45) is 5.73 Å². The average Bonchev–Trinajstić information content (AvgIpc) is 2.67. The van der Waals surface area contributed by atoms with Crippen molar-refractivity contribution in [2.45, 2.75) is 19.4 Å². The molecule has 1 amide bonds. The van der Waals surface area contributed by atoms with E-state index in [1.165, 1.54) is 23.5 Å². The number of carbonyl (C=O) groups excluding carboxylic acids is 1. The Bertz CT molecular complexity index is 592. The van der Waals surface area contributed by atoms with Crippen LogP contribution in [0.4, 0.5) is 4.39 Å². The van der Waals surface area contributed by atoms with E-state index in [-0.39, 0.29) is 24.1 Å². The van der Waals surface area contributed by atoms with Gasteiger partial charge in [0.2, 0.25) is 0 Å². The Morgan fingerprint density at radius 2 is 2.11 bits per heavy atom. The molecule has 0 spiro atoms. The molecular formula is C13H16ClFN2OS. The van der Waals surface area contributed by atoms with Crippen LogP contribution in [0.5, 0.6) is 0 Å². The summed E-state index contributed by atoms with van der Waals surface area (Å²) in [7, 11) is 0. The summed E-state index contributed by atoms with van der Waals surface area (Å²) < 4.78 is 13.9. The third-order valence-electron chi connectivity index (χ3n) is 2.41. The molecule has 6 heteroatoms. The molecule has 3 nitrogen and oxygen atoms in total. The topological polar surface area (TPSA) is 55.1 Å². The molecule has 0 aliphatic carbocycles. The summed E-state index contributed by atoms with van der Waals surface area (Å²) in [4.78, 5) is 12.5. The van der Waals surface area contributed by atoms with Gasteiger partial charge in [-0.05, 0) is 43.5 Å². The van der Waals surface area contributed by atoms with Crippen molar-refractivity contribution in [3.05, 3.63) is 35.0 Å². The Labute approximate surface area is 121 Å². The molecule has 0 fully saturated rings. The highest BCUT2D eigenvalue weighted by molar-refractivity contribution is 7.20. The number of nitrogens with two attached hydrogens (primary N) is 1. The van der Waals surface area contributed by atoms with Crippen molar-refractivity contribution >= 4 is 39.7 Å². The highest BCUT2D eigenvalue weighted by atomic mass is 35.5. The molecule has 1 aromatic carbocycles. The van der Waals surface area contributed by atoms with Gasteiger partial charge in [0.25, 0.3) is 5.91 Å². The molecule has 0 saturated heterocycles. The molecule has 2 aromatic rings. The van der Waals surface area contributed by atoms with Gasteiger partial charge in [0.1, 0.15) is 5.82 Å². The van der Waals surface area contributed by atoms with Crippen molar-refractivity contribution in [1.29, 1.82) is 0 Å². The molecule has 19 heavy (non-hydrogen) atoms. The standard InChI is InChI=1S/C13H15FN2OS.ClH/c1-13(2,15)7-16-12(17)11-6-8-5-9(14)3-4-10(8)18-11;/h3-6H,7,15H2,1-2H3,(H,16,17);1H. The molecule has 0 aliphatic rings. The van der Waals surface area contributed by atoms with Gasteiger partial charge in [0.05, 0.1) is 4.88 Å². The molecular weight excluding hydrogens is 287 g/mol. The fourth-order valence-corrected chi connectivity index (χ4v) is 2.48. The van der Waals surface area contributed by atoms with E-state index in [1.807, 2.05) is 13.8 Å². The lowest BCUT2D eigenvalue weighted by atomic mass is 10.1. The molecule has 2 rings (SSSR count). The van der Waals surface area contributed by atoms with E-state index in [4.69, 9.17) is 5.73 Å². The Balaban J connectivity index is 0.00000180. The highest BCUT2D eigenvalue weighted by Gasteiger charge is 2.15. The molecule has 1 heterocycles. The summed E-state index contributed by atoms with van der Waals surface area (Å²) in [5.74, 6) is -0.467. The maximum Gasteiger partial charge on any atom is 0.261 e. The van der Waals surface area contributed by atoms with Gasteiger partial charge >= 0.3 is 0 Å². The molecule has 104 valence electrons. The Hall–Kier alpha value is -1.17. The van der Waals surface area contributed by atoms with E-state index >= 15 is 0 Å². The van der Waals surface area contributed by atoms with Crippen LogP contribution in [0.2, 0.25) is 0 Å². The van der Waals surface area contributed by atoms with Gasteiger partial charge in [-0.3, -0.25) is 4.79 Å². The average molecular weight is 303 g/mol. The SMILES string of the molecule is CC(C)(N)CNC(=O)c1cc2cc(F)ccc2s1.Cl. The fourth-order valence-electron chi connectivity index (χ4n) is 1.52. The van der Waals surface area contributed by atoms with E-state index in [0.717, 1.165) is 10.1 Å². The predicted octanol–water partition coefficient (Wildman–Crippen LogP) is 2.93. The van der Waals surface area contributed by atoms with E-state index < -0.39 is 5.54 Å². The summed E-state index contributed by atoms with van der Waals surface area (Å²) in [5, 5.41) is 3.51. The number of fused-ring (bicyclic) bond motifs is 1. The Kier molecular flexibility index (Phi) is 4.90. The van der Waals surface area contributed by atoms with Gasteiger partial charge in [0, 0.05) is 16.8 Å². The maximum absolute atomic E-state index is 13.0. The lowest BCUT2D eigenvalue weighted by Crippen LogP contribution is -2.44. The van der Waals surface area contributed by atoms with Crippen molar-refractivity contribution < 1.29 is 9.18 Å². The normalized spacial score (nSPS) is 11.2. The molecule has 0 aliphatic heterocycles. The van der Waals surface area contributed by atoms with Gasteiger partial charge in [0.15, 0.2) is 0 Å². The van der Waals surface area contributed by atoms with Gasteiger partial charge in [-0.2, -0.15) is 0 Å². The number of thiophene rings is 1. The zero-order chi connectivity index (χ0) is 13.3. The zero-order valence-corrected chi connectivity index (χ0v) is 12.3. The van der Waals surface area contributed by atoms with Crippen LogP contribution < -0.4 is 11.1 Å². The second-order valence-corrected chi connectivity index (χ2v) is 6.05. The number of halogens is 2. The number of rotatable bonds is 3. The number of carbonyl (C=O) groups is 1. The van der Waals surface area contributed by atoms with E-state index in [2.05, 4.69) is 5.32 Å². The van der Waals surface area contributed by atoms with Crippen LogP contribution >= 0.6 is 23.7 Å². The molecule has 0 atom stereocenters. The summed E-state index contributed by atoms with van der Waals surface area (Å²) in [6, 6.07) is 6.19. The third-order valence-corrected chi connectivity index (χ3v) is 3.52. The number of nitrogens with one attached hydrogen (secondary N) is 1. The zero-order valence-electron chi connectivity index (χ0n) is 10.7. The first-order chi connectivity index (χ1) is 8.35. The van der Waals surface area contributed by atoms with Crippen molar-refractivity contribution in [3.63, 3.8) is 0 Å². The largest absolute Gasteiger partial charge is 0.350 e. The summed E-state index contributed by atoms with van der Waals surface area (Å²) >= 11 is 1.35. The van der Waals surface area contributed by atoms with Crippen LogP contribution in [0, 0.1) is 5.82 Å². The first kappa shape index (κ1) is 15.9. The highest BCUT2D eigenvalue weighted by Crippen LogP contribution is 2.26. The van der Waals surface area contributed by atoms with Crippen LogP contribution in [-0.4, -0.2) is 18.0 Å². The molecule has 1 aromatic heterocycles. The second-order valence-electron chi connectivity index (χ2n) is 4.96. The summed E-state index contributed by atoms with van der Waals surface area (Å²) in [6.45, 7) is 4.08. The van der Waals surface area contributed by atoms with Crippen molar-refractivity contribution in [1.82, 2.24) is 5.32 Å². The van der Waals surface area contributed by atoms with Gasteiger partial charge in [-0.1, -0.05) is 0 Å². The lowest BCUT2D eigenvalue weighted by Gasteiger charge is -2.18. The van der Waals surface area contributed by atoms with Crippen LogP contribution in [0.1, 0.15) is 23.5 Å². The lowest BCUT2D eigenvalue weighted by molar-refractivity contribution is 0.0950. The first-order valence-electron chi connectivity index (χ1n) is 5.61. The van der Waals surface area contributed by atoms with E-state index in [9.17, 15) is 9.18 Å². The molecule has 0 saturated carbocycles. The van der Waals surface area contributed by atoms with Crippen LogP contribution in [0.15, 0.2) is 24.3 Å². The van der Waals surface area contributed by atoms with E-state index in [1.54, 1.807) is 12.1 Å². The maximum atomic E-state index is 13.0. The van der Waals surface area contributed by atoms with Crippen LogP contribution in [0.3, 0.4) is 0 Å². The molecule has 0 bridgehead atoms. The van der Waals surface area contributed by atoms with Crippen molar-refractivity contribution in [2.75, 3.05) is 6.54 Å². The fraction of sp³-hybridized carbons (Fsp3) is 0.308.